The van der Waals surface area contributed by atoms with Gasteiger partial charge in [0.2, 0.25) is 5.91 Å². The topological polar surface area (TPSA) is 62.6 Å². The van der Waals surface area contributed by atoms with Crippen molar-refractivity contribution >= 4 is 5.91 Å². The number of hydrogen-bond acceptors (Lipinski definition) is 4. The molecule has 5 heteroatoms. The molecular weight excluding hydrogens is 376 g/mol. The third-order valence-corrected chi connectivity index (χ3v) is 9.96. The number of hydrogen-bond donors (Lipinski definition) is 0. The van der Waals surface area contributed by atoms with Crippen LogP contribution < -0.4 is 0 Å². The Balaban J connectivity index is 0.000000149. The van der Waals surface area contributed by atoms with E-state index in [0.29, 0.717) is 23.3 Å². The van der Waals surface area contributed by atoms with Gasteiger partial charge in [-0.15, -0.1) is 0 Å². The van der Waals surface area contributed by atoms with Gasteiger partial charge in [-0.05, 0) is 106 Å². The van der Waals surface area contributed by atoms with Crippen molar-refractivity contribution in [2.75, 3.05) is 13.7 Å². The number of likely N-dealkylation sites (tertiary alicyclic amines) is 1. The number of rotatable bonds is 5. The molecule has 0 aromatic rings. The second-order valence-corrected chi connectivity index (χ2v) is 11.5. The maximum absolute atomic E-state index is 12.9. The van der Waals surface area contributed by atoms with Gasteiger partial charge in [-0.25, -0.2) is 9.78 Å². The molecule has 4 atom stereocenters. The molecule has 1 heterocycles. The van der Waals surface area contributed by atoms with E-state index in [0.717, 1.165) is 31.3 Å². The van der Waals surface area contributed by atoms with Crippen molar-refractivity contribution in [2.45, 2.75) is 96.1 Å². The SMILES string of the molecule is COOCC12CCC(CC1)C2.C[C@H](C(=O)N1C(C#N)C[C@@H]2C[C@@H]21)C12CCC(CC1)C2. The summed E-state index contributed by atoms with van der Waals surface area (Å²) < 4.78 is 0. The minimum atomic E-state index is -0.131. The first kappa shape index (κ1) is 20.8. The predicted molar refractivity (Wildman–Crippen MR) is 113 cm³/mol. The highest BCUT2D eigenvalue weighted by Crippen LogP contribution is 2.59. The van der Waals surface area contributed by atoms with E-state index in [2.05, 4.69) is 17.9 Å². The van der Waals surface area contributed by atoms with Gasteiger partial charge < -0.3 is 4.90 Å². The molecule has 1 unspecified atom stereocenters. The van der Waals surface area contributed by atoms with Crippen LogP contribution in [-0.4, -0.2) is 36.6 Å². The van der Waals surface area contributed by atoms with Crippen LogP contribution in [0.2, 0.25) is 0 Å². The van der Waals surface area contributed by atoms with E-state index >= 15 is 0 Å². The number of carbonyl (C=O) groups is 1. The summed E-state index contributed by atoms with van der Waals surface area (Å²) in [6.45, 7) is 2.96. The molecule has 1 aliphatic heterocycles. The Morgan fingerprint density at radius 2 is 1.77 bits per heavy atom. The summed E-state index contributed by atoms with van der Waals surface area (Å²) in [7, 11) is 1.60. The van der Waals surface area contributed by atoms with Gasteiger partial charge in [-0.1, -0.05) is 6.92 Å². The second-order valence-electron chi connectivity index (χ2n) is 11.5. The van der Waals surface area contributed by atoms with E-state index in [-0.39, 0.29) is 17.4 Å². The molecule has 6 fully saturated rings. The van der Waals surface area contributed by atoms with Gasteiger partial charge in [-0.3, -0.25) is 4.79 Å². The maximum atomic E-state index is 12.9. The third-order valence-electron chi connectivity index (χ3n) is 9.96. The van der Waals surface area contributed by atoms with E-state index in [4.69, 9.17) is 4.89 Å². The zero-order valence-electron chi connectivity index (χ0n) is 18.8. The van der Waals surface area contributed by atoms with Crippen LogP contribution in [0.3, 0.4) is 0 Å². The van der Waals surface area contributed by atoms with Crippen LogP contribution in [0.25, 0.3) is 0 Å². The average Bonchev–Trinajstić information content (AvgIpc) is 3.33. The Hall–Kier alpha value is -1.12. The van der Waals surface area contributed by atoms with Crippen molar-refractivity contribution in [1.82, 2.24) is 4.90 Å². The van der Waals surface area contributed by atoms with Crippen molar-refractivity contribution in [3.8, 4) is 6.07 Å². The van der Waals surface area contributed by atoms with Gasteiger partial charge >= 0.3 is 0 Å². The van der Waals surface area contributed by atoms with E-state index in [9.17, 15) is 10.1 Å². The average molecular weight is 415 g/mol. The van der Waals surface area contributed by atoms with Crippen LogP contribution in [0.5, 0.6) is 0 Å². The van der Waals surface area contributed by atoms with Crippen molar-refractivity contribution < 1.29 is 14.6 Å². The van der Waals surface area contributed by atoms with Crippen LogP contribution in [-0.2, 0) is 14.6 Å². The Labute approximate surface area is 181 Å². The molecule has 6 aliphatic rings. The zero-order chi connectivity index (χ0) is 20.9. The van der Waals surface area contributed by atoms with Gasteiger partial charge in [0.05, 0.1) is 19.8 Å². The first-order valence-corrected chi connectivity index (χ1v) is 12.4. The molecule has 5 aliphatic carbocycles. The zero-order valence-corrected chi connectivity index (χ0v) is 18.8. The number of nitriles is 1. The van der Waals surface area contributed by atoms with E-state index in [1.54, 1.807) is 7.11 Å². The lowest BCUT2D eigenvalue weighted by Crippen LogP contribution is -2.45. The Kier molecular flexibility index (Phi) is 5.39. The number of nitrogens with zero attached hydrogens (tertiary/aromatic N) is 2. The van der Waals surface area contributed by atoms with Crippen molar-refractivity contribution in [2.24, 2.45) is 34.5 Å². The Morgan fingerprint density at radius 3 is 2.30 bits per heavy atom. The fourth-order valence-electron chi connectivity index (χ4n) is 7.92. The first-order chi connectivity index (χ1) is 14.5. The van der Waals surface area contributed by atoms with Gasteiger partial charge in [-0.2, -0.15) is 5.26 Å². The molecule has 0 radical (unpaired) electrons. The standard InChI is InChI=1S/C16H22N2O.C9H16O2/c1-10(16-4-2-11(8-16)3-5-16)15(19)18-13(9-17)6-12-7-14(12)18;1-10-11-7-9-4-2-8(6-9)3-5-9/h10-14H,2-8H2,1H3;8H,2-7H2,1H3/t10-,11?,12-,13?,14+,16?;/m1./s1. The molecule has 0 aromatic carbocycles. The molecule has 30 heavy (non-hydrogen) atoms. The fraction of sp³-hybridized carbons (Fsp3) is 0.920. The lowest BCUT2D eigenvalue weighted by atomic mass is 9.73. The molecule has 166 valence electrons. The van der Waals surface area contributed by atoms with Crippen molar-refractivity contribution in [1.29, 1.82) is 5.26 Å². The monoisotopic (exact) mass is 414 g/mol. The highest BCUT2D eigenvalue weighted by Gasteiger charge is 2.58. The smallest absolute Gasteiger partial charge is 0.227 e. The predicted octanol–water partition coefficient (Wildman–Crippen LogP) is 4.86. The molecule has 5 saturated carbocycles. The molecule has 0 aromatic heterocycles. The van der Waals surface area contributed by atoms with E-state index in [1.165, 1.54) is 64.2 Å². The van der Waals surface area contributed by atoms with E-state index in [1.807, 2.05) is 4.90 Å². The van der Waals surface area contributed by atoms with Gasteiger partial charge in [0.15, 0.2) is 0 Å². The summed E-state index contributed by atoms with van der Waals surface area (Å²) in [6, 6.07) is 2.63. The highest BCUT2D eigenvalue weighted by molar-refractivity contribution is 5.81. The quantitative estimate of drug-likeness (QED) is 0.476. The van der Waals surface area contributed by atoms with Crippen LogP contribution in [0.1, 0.15) is 84.0 Å². The molecule has 4 bridgehead atoms. The number of piperidine rings is 1. The molecule has 1 amide bonds. The second kappa shape index (κ2) is 7.78. The fourth-order valence-corrected chi connectivity index (χ4v) is 7.92. The number of fused-ring (bicyclic) bond motifs is 5. The molecule has 0 N–H and O–H groups in total. The Bertz CT molecular complexity index is 700. The summed E-state index contributed by atoms with van der Waals surface area (Å²) in [4.78, 5) is 24.6. The lowest BCUT2D eigenvalue weighted by molar-refractivity contribution is -0.289. The minimum absolute atomic E-state index is 0.131. The normalized spacial score (nSPS) is 45.6. The maximum Gasteiger partial charge on any atom is 0.227 e. The van der Waals surface area contributed by atoms with E-state index < -0.39 is 0 Å². The summed E-state index contributed by atoms with van der Waals surface area (Å²) >= 11 is 0. The van der Waals surface area contributed by atoms with Crippen LogP contribution in [0.4, 0.5) is 0 Å². The third kappa shape index (κ3) is 3.48. The highest BCUT2D eigenvalue weighted by atomic mass is 17.2. The van der Waals surface area contributed by atoms with Gasteiger partial charge in [0.25, 0.3) is 0 Å². The summed E-state index contributed by atoms with van der Waals surface area (Å²) in [5, 5.41) is 9.26. The van der Waals surface area contributed by atoms with Crippen LogP contribution in [0, 0.1) is 45.8 Å². The molecular formula is C25H38N2O3. The summed E-state index contributed by atoms with van der Waals surface area (Å²) in [6.07, 6.45) is 15.4. The number of carbonyl (C=O) groups excluding carboxylic acids is 1. The largest absolute Gasteiger partial charge is 0.323 e. The van der Waals surface area contributed by atoms with Crippen LogP contribution in [0.15, 0.2) is 0 Å². The van der Waals surface area contributed by atoms with Crippen LogP contribution >= 0.6 is 0 Å². The number of amides is 1. The molecule has 0 spiro atoms. The van der Waals surface area contributed by atoms with Crippen molar-refractivity contribution in [3.05, 3.63) is 0 Å². The molecule has 1 saturated heterocycles. The van der Waals surface area contributed by atoms with Crippen molar-refractivity contribution in [3.63, 3.8) is 0 Å². The van der Waals surface area contributed by atoms with Gasteiger partial charge in [0, 0.05) is 12.0 Å². The minimum Gasteiger partial charge on any atom is -0.323 e. The molecule has 5 nitrogen and oxygen atoms in total. The lowest BCUT2D eigenvalue weighted by Gasteiger charge is -2.36. The van der Waals surface area contributed by atoms with Gasteiger partial charge in [0.1, 0.15) is 6.04 Å². The Morgan fingerprint density at radius 1 is 1.10 bits per heavy atom. The summed E-state index contributed by atoms with van der Waals surface area (Å²) in [5.41, 5.74) is 0.801. The molecule has 6 rings (SSSR count). The summed E-state index contributed by atoms with van der Waals surface area (Å²) in [5.74, 6) is 2.96. The first-order valence-electron chi connectivity index (χ1n) is 12.4.